The summed E-state index contributed by atoms with van der Waals surface area (Å²) in [5, 5.41) is 0. The van der Waals surface area contributed by atoms with Crippen LogP contribution in [0.25, 0.3) is 0 Å². The third kappa shape index (κ3) is 15.2. The third-order valence-electron chi connectivity index (χ3n) is 3.19. The van der Waals surface area contributed by atoms with E-state index < -0.39 is 0 Å². The summed E-state index contributed by atoms with van der Waals surface area (Å²) >= 11 is 0. The standard InChI is InChI=1S/C18H31/c1-3-5-7-9-11-13-15-17-18-16-14-12-10-8-6-4-2/h1,3,5,7,9,11H,4,6,8,10,12-18H2,2H3/b3-1?,7-5-,11-9?. The van der Waals surface area contributed by atoms with Gasteiger partial charge in [0.1, 0.15) is 0 Å². The molecule has 0 rings (SSSR count). The predicted octanol–water partition coefficient (Wildman–Crippen LogP) is 6.40. The zero-order chi connectivity index (χ0) is 13.3. The van der Waals surface area contributed by atoms with Crippen LogP contribution in [0.15, 0.2) is 30.4 Å². The highest BCUT2D eigenvalue weighted by Crippen LogP contribution is 2.11. The molecule has 0 bridgehead atoms. The van der Waals surface area contributed by atoms with Gasteiger partial charge in [0, 0.05) is 0 Å². The highest BCUT2D eigenvalue weighted by atomic mass is 14.0. The van der Waals surface area contributed by atoms with Gasteiger partial charge in [-0.15, -0.1) is 0 Å². The molecule has 0 spiro atoms. The summed E-state index contributed by atoms with van der Waals surface area (Å²) in [4.78, 5) is 0. The fraction of sp³-hybridized carbons (Fsp3) is 0.667. The van der Waals surface area contributed by atoms with E-state index in [0.717, 1.165) is 0 Å². The Hall–Kier alpha value is -0.780. The maximum absolute atomic E-state index is 5.23. The Labute approximate surface area is 115 Å². The molecule has 0 aromatic rings. The van der Waals surface area contributed by atoms with Gasteiger partial charge >= 0.3 is 0 Å². The highest BCUT2D eigenvalue weighted by Gasteiger charge is 1.91. The van der Waals surface area contributed by atoms with E-state index in [1.807, 2.05) is 12.2 Å². The van der Waals surface area contributed by atoms with Crippen LogP contribution in [0.4, 0.5) is 0 Å². The average Bonchev–Trinajstić information content (AvgIpc) is 2.39. The van der Waals surface area contributed by atoms with Crippen molar-refractivity contribution in [3.63, 3.8) is 0 Å². The van der Waals surface area contributed by atoms with Crippen LogP contribution in [0.2, 0.25) is 0 Å². The van der Waals surface area contributed by atoms with Crippen molar-refractivity contribution in [2.45, 2.75) is 77.6 Å². The third-order valence-corrected chi connectivity index (χ3v) is 3.19. The summed E-state index contributed by atoms with van der Waals surface area (Å²) < 4.78 is 0. The maximum Gasteiger partial charge on any atom is -0.0348 e. The molecule has 0 nitrogen and oxygen atoms in total. The van der Waals surface area contributed by atoms with Crippen LogP contribution in [-0.2, 0) is 0 Å². The predicted molar refractivity (Wildman–Crippen MR) is 83.6 cm³/mol. The molecule has 0 aliphatic heterocycles. The summed E-state index contributed by atoms with van der Waals surface area (Å²) in [6.45, 7) is 7.51. The molecule has 0 atom stereocenters. The first-order valence-electron chi connectivity index (χ1n) is 7.78. The monoisotopic (exact) mass is 247 g/mol. The molecule has 0 N–H and O–H groups in total. The number of unbranched alkanes of at least 4 members (excludes halogenated alkanes) is 10. The molecule has 103 valence electrons. The van der Waals surface area contributed by atoms with Crippen molar-refractivity contribution in [2.75, 3.05) is 0 Å². The Bertz CT molecular complexity index is 210. The lowest BCUT2D eigenvalue weighted by Crippen LogP contribution is -1.81. The van der Waals surface area contributed by atoms with Crippen LogP contribution in [0.3, 0.4) is 0 Å². The van der Waals surface area contributed by atoms with Crippen LogP contribution >= 0.6 is 0 Å². The molecule has 0 aliphatic carbocycles. The van der Waals surface area contributed by atoms with Crippen LogP contribution in [-0.4, -0.2) is 0 Å². The van der Waals surface area contributed by atoms with Crippen molar-refractivity contribution in [2.24, 2.45) is 0 Å². The number of hydrogen-bond acceptors (Lipinski definition) is 0. The molecule has 0 saturated heterocycles. The second-order valence-electron chi connectivity index (χ2n) is 4.98. The zero-order valence-corrected chi connectivity index (χ0v) is 12.2. The quantitative estimate of drug-likeness (QED) is 0.261. The Balaban J connectivity index is 3.05. The first kappa shape index (κ1) is 17.2. The highest BCUT2D eigenvalue weighted by molar-refractivity contribution is 5.07. The van der Waals surface area contributed by atoms with Gasteiger partial charge < -0.3 is 0 Å². The molecular formula is C18H31. The van der Waals surface area contributed by atoms with Crippen molar-refractivity contribution in [1.82, 2.24) is 0 Å². The fourth-order valence-corrected chi connectivity index (χ4v) is 2.05. The van der Waals surface area contributed by atoms with Gasteiger partial charge in [-0.25, -0.2) is 0 Å². The molecule has 0 fully saturated rings. The van der Waals surface area contributed by atoms with Crippen LogP contribution in [0, 0.1) is 6.58 Å². The molecule has 18 heavy (non-hydrogen) atoms. The lowest BCUT2D eigenvalue weighted by molar-refractivity contribution is 0.557. The van der Waals surface area contributed by atoms with Crippen molar-refractivity contribution in [3.8, 4) is 0 Å². The van der Waals surface area contributed by atoms with Crippen molar-refractivity contribution < 1.29 is 0 Å². The van der Waals surface area contributed by atoms with E-state index in [9.17, 15) is 0 Å². The molecule has 0 aromatic carbocycles. The Morgan fingerprint density at radius 2 is 1.22 bits per heavy atom. The van der Waals surface area contributed by atoms with Gasteiger partial charge in [-0.05, 0) is 12.8 Å². The summed E-state index contributed by atoms with van der Waals surface area (Å²) in [5.74, 6) is 0. The molecular weight excluding hydrogens is 216 g/mol. The summed E-state index contributed by atoms with van der Waals surface area (Å²) in [6.07, 6.45) is 25.0. The van der Waals surface area contributed by atoms with Crippen molar-refractivity contribution in [3.05, 3.63) is 37.0 Å². The van der Waals surface area contributed by atoms with Gasteiger partial charge in [0.25, 0.3) is 0 Å². The molecule has 0 amide bonds. The van der Waals surface area contributed by atoms with E-state index in [4.69, 9.17) is 6.58 Å². The minimum Gasteiger partial charge on any atom is -0.0845 e. The van der Waals surface area contributed by atoms with E-state index in [0.29, 0.717) is 0 Å². The fourth-order valence-electron chi connectivity index (χ4n) is 2.05. The smallest absolute Gasteiger partial charge is 0.0348 e. The average molecular weight is 247 g/mol. The molecule has 1 radical (unpaired) electrons. The molecule has 0 aliphatic rings. The van der Waals surface area contributed by atoms with Crippen LogP contribution < -0.4 is 0 Å². The summed E-state index contributed by atoms with van der Waals surface area (Å²) in [5.41, 5.74) is 0. The topological polar surface area (TPSA) is 0 Å². The second kappa shape index (κ2) is 16.2. The van der Waals surface area contributed by atoms with Gasteiger partial charge in [0.2, 0.25) is 0 Å². The van der Waals surface area contributed by atoms with Gasteiger partial charge in [0.15, 0.2) is 0 Å². The molecule has 0 aromatic heterocycles. The van der Waals surface area contributed by atoms with Gasteiger partial charge in [-0.2, -0.15) is 0 Å². The maximum atomic E-state index is 5.23. The number of hydrogen-bond donors (Lipinski definition) is 0. The first-order valence-corrected chi connectivity index (χ1v) is 7.78. The Morgan fingerprint density at radius 1 is 0.667 bits per heavy atom. The van der Waals surface area contributed by atoms with Crippen molar-refractivity contribution in [1.29, 1.82) is 0 Å². The number of allylic oxidation sites excluding steroid dienone is 5. The lowest BCUT2D eigenvalue weighted by Gasteiger charge is -2.01. The van der Waals surface area contributed by atoms with Crippen LogP contribution in [0.1, 0.15) is 77.6 Å². The number of rotatable bonds is 13. The van der Waals surface area contributed by atoms with E-state index in [-0.39, 0.29) is 0 Å². The van der Waals surface area contributed by atoms with Crippen molar-refractivity contribution >= 4 is 0 Å². The van der Waals surface area contributed by atoms with Crippen LogP contribution in [0.5, 0.6) is 0 Å². The largest absolute Gasteiger partial charge is 0.0845 e. The van der Waals surface area contributed by atoms with Gasteiger partial charge in [-0.3, -0.25) is 0 Å². The zero-order valence-electron chi connectivity index (χ0n) is 12.2. The molecule has 0 unspecified atom stereocenters. The lowest BCUT2D eigenvalue weighted by atomic mass is 10.1. The van der Waals surface area contributed by atoms with E-state index in [1.54, 1.807) is 6.08 Å². The summed E-state index contributed by atoms with van der Waals surface area (Å²) in [7, 11) is 0. The SMILES string of the molecule is [CH]=C/C=C\C=CCCCCCCCCCCCC. The Morgan fingerprint density at radius 3 is 1.78 bits per heavy atom. The second-order valence-corrected chi connectivity index (χ2v) is 4.98. The van der Waals surface area contributed by atoms with Gasteiger partial charge in [0.05, 0.1) is 0 Å². The Kier molecular flexibility index (Phi) is 15.5. The van der Waals surface area contributed by atoms with Gasteiger partial charge in [-0.1, -0.05) is 102 Å². The van der Waals surface area contributed by atoms with E-state index >= 15 is 0 Å². The first-order chi connectivity index (χ1) is 8.91. The molecule has 0 heteroatoms. The molecule has 0 heterocycles. The normalized spacial score (nSPS) is 11.6. The minimum absolute atomic E-state index is 1.20. The van der Waals surface area contributed by atoms with E-state index in [2.05, 4.69) is 19.1 Å². The van der Waals surface area contributed by atoms with E-state index in [1.165, 1.54) is 70.6 Å². The summed E-state index contributed by atoms with van der Waals surface area (Å²) in [6, 6.07) is 0. The minimum atomic E-state index is 1.20. The molecule has 0 saturated carbocycles.